The lowest BCUT2D eigenvalue weighted by Gasteiger charge is -2.33. The summed E-state index contributed by atoms with van der Waals surface area (Å²) in [6, 6.07) is 7.63. The van der Waals surface area contributed by atoms with Crippen molar-refractivity contribution >= 4 is 11.4 Å². The molecule has 3 aliphatic heterocycles. The third-order valence-electron chi connectivity index (χ3n) is 4.88. The predicted octanol–water partition coefficient (Wildman–Crippen LogP) is 1.79. The Balaban J connectivity index is 1.89. The van der Waals surface area contributed by atoms with E-state index in [9.17, 15) is 0 Å². The van der Waals surface area contributed by atoms with Gasteiger partial charge in [0.25, 0.3) is 0 Å². The van der Waals surface area contributed by atoms with Crippen LogP contribution in [0.2, 0.25) is 0 Å². The minimum Gasteiger partial charge on any atom is -0.373 e. The van der Waals surface area contributed by atoms with Gasteiger partial charge in [0.1, 0.15) is 0 Å². The van der Waals surface area contributed by atoms with Crippen LogP contribution in [0, 0.1) is 0 Å². The lowest BCUT2D eigenvalue weighted by atomic mass is 9.90. The Labute approximate surface area is 109 Å². The molecule has 0 aliphatic carbocycles. The molecule has 2 atom stereocenters. The van der Waals surface area contributed by atoms with Crippen molar-refractivity contribution in [2.75, 3.05) is 43.0 Å². The number of hydrogen-bond acceptors (Lipinski definition) is 3. The maximum absolute atomic E-state index is 3.57. The molecule has 1 aromatic carbocycles. The molecule has 4 rings (SSSR count). The third kappa shape index (κ3) is 1.34. The van der Waals surface area contributed by atoms with Gasteiger partial charge in [-0.05, 0) is 31.0 Å². The quantitative estimate of drug-likeness (QED) is 0.749. The normalized spacial score (nSPS) is 29.8. The standard InChI is InChI=1S/C15H21N3/c1-17-8-3-9-18-13-6-7-16-10-12(13)11-4-2-5-14(17)15(11)18/h2,4-5,12-13,16H,3,6-10H2,1H3. The molecule has 2 unspecified atom stereocenters. The van der Waals surface area contributed by atoms with Gasteiger partial charge in [-0.1, -0.05) is 12.1 Å². The van der Waals surface area contributed by atoms with E-state index in [0.717, 1.165) is 12.6 Å². The number of piperidine rings is 1. The van der Waals surface area contributed by atoms with Gasteiger partial charge in [-0.2, -0.15) is 0 Å². The van der Waals surface area contributed by atoms with E-state index >= 15 is 0 Å². The van der Waals surface area contributed by atoms with Crippen LogP contribution in [-0.2, 0) is 0 Å². The molecule has 96 valence electrons. The highest BCUT2D eigenvalue weighted by Gasteiger charge is 2.41. The SMILES string of the molecule is CN1CCCN2c3c(cccc31)C1CNCCC12. The summed E-state index contributed by atoms with van der Waals surface area (Å²) in [4.78, 5) is 5.14. The predicted molar refractivity (Wildman–Crippen MR) is 75.7 cm³/mol. The van der Waals surface area contributed by atoms with E-state index in [0.29, 0.717) is 5.92 Å². The first-order chi connectivity index (χ1) is 8.86. The number of benzene rings is 1. The number of anilines is 2. The second kappa shape index (κ2) is 3.89. The van der Waals surface area contributed by atoms with Gasteiger partial charge >= 0.3 is 0 Å². The molecule has 1 saturated heterocycles. The molecule has 1 aromatic rings. The molecule has 0 spiro atoms. The van der Waals surface area contributed by atoms with E-state index in [1.54, 1.807) is 5.56 Å². The van der Waals surface area contributed by atoms with Crippen LogP contribution in [0.5, 0.6) is 0 Å². The van der Waals surface area contributed by atoms with Gasteiger partial charge in [0, 0.05) is 38.6 Å². The number of para-hydroxylation sites is 1. The molecule has 18 heavy (non-hydrogen) atoms. The molecular weight excluding hydrogens is 222 g/mol. The van der Waals surface area contributed by atoms with E-state index in [1.807, 2.05) is 0 Å². The van der Waals surface area contributed by atoms with Gasteiger partial charge in [-0.15, -0.1) is 0 Å². The van der Waals surface area contributed by atoms with Gasteiger partial charge in [0.05, 0.1) is 11.4 Å². The Morgan fingerprint density at radius 1 is 1.28 bits per heavy atom. The van der Waals surface area contributed by atoms with Crippen molar-refractivity contribution in [3.63, 3.8) is 0 Å². The van der Waals surface area contributed by atoms with Crippen LogP contribution >= 0.6 is 0 Å². The maximum atomic E-state index is 3.57. The summed E-state index contributed by atoms with van der Waals surface area (Å²) in [5.74, 6) is 0.709. The Kier molecular flexibility index (Phi) is 2.31. The zero-order valence-electron chi connectivity index (χ0n) is 11.0. The molecule has 3 heterocycles. The fourth-order valence-corrected chi connectivity index (χ4v) is 4.05. The van der Waals surface area contributed by atoms with E-state index in [2.05, 4.69) is 40.4 Å². The minimum atomic E-state index is 0.709. The fourth-order valence-electron chi connectivity index (χ4n) is 4.05. The summed E-state index contributed by atoms with van der Waals surface area (Å²) in [6.07, 6.45) is 2.57. The fraction of sp³-hybridized carbons (Fsp3) is 0.600. The first-order valence-electron chi connectivity index (χ1n) is 7.17. The van der Waals surface area contributed by atoms with Crippen LogP contribution in [0.3, 0.4) is 0 Å². The highest BCUT2D eigenvalue weighted by atomic mass is 15.3. The average molecular weight is 243 g/mol. The molecule has 0 bridgehead atoms. The molecular formula is C15H21N3. The molecule has 3 nitrogen and oxygen atoms in total. The Hall–Kier alpha value is -1.22. The Bertz CT molecular complexity index is 471. The van der Waals surface area contributed by atoms with Crippen LogP contribution in [0.25, 0.3) is 0 Å². The first kappa shape index (κ1) is 10.7. The molecule has 0 aromatic heterocycles. The Morgan fingerprint density at radius 2 is 2.22 bits per heavy atom. The zero-order chi connectivity index (χ0) is 12.1. The van der Waals surface area contributed by atoms with Gasteiger partial charge in [0.15, 0.2) is 0 Å². The first-order valence-corrected chi connectivity index (χ1v) is 7.17. The summed E-state index contributed by atoms with van der Waals surface area (Å²) in [6.45, 7) is 4.75. The highest BCUT2D eigenvalue weighted by Crippen LogP contribution is 2.48. The van der Waals surface area contributed by atoms with Crippen molar-refractivity contribution in [3.8, 4) is 0 Å². The monoisotopic (exact) mass is 243 g/mol. The number of rotatable bonds is 0. The van der Waals surface area contributed by atoms with E-state index in [1.165, 1.54) is 43.9 Å². The summed E-state index contributed by atoms with van der Waals surface area (Å²) in [5, 5.41) is 3.57. The number of nitrogens with one attached hydrogen (secondary N) is 1. The van der Waals surface area contributed by atoms with E-state index in [-0.39, 0.29) is 0 Å². The van der Waals surface area contributed by atoms with Crippen LogP contribution < -0.4 is 15.1 Å². The van der Waals surface area contributed by atoms with Crippen molar-refractivity contribution in [1.29, 1.82) is 0 Å². The molecule has 0 amide bonds. The van der Waals surface area contributed by atoms with E-state index in [4.69, 9.17) is 0 Å². The topological polar surface area (TPSA) is 18.5 Å². The molecule has 1 N–H and O–H groups in total. The van der Waals surface area contributed by atoms with Gasteiger partial charge in [-0.3, -0.25) is 0 Å². The van der Waals surface area contributed by atoms with Crippen molar-refractivity contribution in [2.24, 2.45) is 0 Å². The maximum Gasteiger partial charge on any atom is 0.0643 e. The summed E-state index contributed by atoms with van der Waals surface area (Å²) in [5.41, 5.74) is 4.56. The summed E-state index contributed by atoms with van der Waals surface area (Å²) in [7, 11) is 2.24. The summed E-state index contributed by atoms with van der Waals surface area (Å²) >= 11 is 0. The van der Waals surface area contributed by atoms with Crippen LogP contribution in [0.1, 0.15) is 24.3 Å². The number of hydrogen-bond donors (Lipinski definition) is 1. The van der Waals surface area contributed by atoms with Gasteiger partial charge < -0.3 is 15.1 Å². The van der Waals surface area contributed by atoms with Gasteiger partial charge in [-0.25, -0.2) is 0 Å². The minimum absolute atomic E-state index is 0.709. The molecule has 0 saturated carbocycles. The highest BCUT2D eigenvalue weighted by molar-refractivity contribution is 5.79. The van der Waals surface area contributed by atoms with Gasteiger partial charge in [0.2, 0.25) is 0 Å². The second-order valence-electron chi connectivity index (χ2n) is 5.85. The largest absolute Gasteiger partial charge is 0.373 e. The average Bonchev–Trinajstić information content (AvgIpc) is 2.63. The van der Waals surface area contributed by atoms with E-state index < -0.39 is 0 Å². The lowest BCUT2D eigenvalue weighted by Crippen LogP contribution is -2.44. The lowest BCUT2D eigenvalue weighted by molar-refractivity contribution is 0.402. The van der Waals surface area contributed by atoms with Crippen molar-refractivity contribution in [3.05, 3.63) is 23.8 Å². The zero-order valence-corrected chi connectivity index (χ0v) is 11.0. The smallest absolute Gasteiger partial charge is 0.0643 e. The summed E-state index contributed by atoms with van der Waals surface area (Å²) < 4.78 is 0. The molecule has 0 radical (unpaired) electrons. The molecule has 3 aliphatic rings. The number of nitrogens with zero attached hydrogens (tertiary/aromatic N) is 2. The molecule has 1 fully saturated rings. The molecule has 3 heteroatoms. The van der Waals surface area contributed by atoms with Crippen LogP contribution in [0.15, 0.2) is 18.2 Å². The van der Waals surface area contributed by atoms with Crippen LogP contribution in [-0.4, -0.2) is 39.3 Å². The third-order valence-corrected chi connectivity index (χ3v) is 4.88. The second-order valence-corrected chi connectivity index (χ2v) is 5.85. The Morgan fingerprint density at radius 3 is 3.17 bits per heavy atom. The van der Waals surface area contributed by atoms with Crippen molar-refractivity contribution < 1.29 is 0 Å². The van der Waals surface area contributed by atoms with Crippen molar-refractivity contribution in [1.82, 2.24) is 5.32 Å². The number of fused-ring (bicyclic) bond motifs is 3. The van der Waals surface area contributed by atoms with Crippen LogP contribution in [0.4, 0.5) is 11.4 Å². The van der Waals surface area contributed by atoms with Crippen molar-refractivity contribution in [2.45, 2.75) is 24.8 Å².